The van der Waals surface area contributed by atoms with Crippen LogP contribution < -0.4 is 5.32 Å². The first-order valence-electron chi connectivity index (χ1n) is 8.11. The Kier molecular flexibility index (Phi) is 4.41. The van der Waals surface area contributed by atoms with Crippen molar-refractivity contribution in [1.82, 2.24) is 15.0 Å². The summed E-state index contributed by atoms with van der Waals surface area (Å²) in [7, 11) is 1.69. The van der Waals surface area contributed by atoms with Crippen molar-refractivity contribution >= 4 is 28.3 Å². The molecule has 0 bridgehead atoms. The Morgan fingerprint density at radius 3 is 2.48 bits per heavy atom. The van der Waals surface area contributed by atoms with Crippen LogP contribution in [0.4, 0.5) is 14.6 Å². The van der Waals surface area contributed by atoms with Crippen LogP contribution >= 0.6 is 11.6 Å². The Labute approximate surface area is 158 Å². The van der Waals surface area contributed by atoms with E-state index in [1.165, 1.54) is 18.2 Å². The summed E-state index contributed by atoms with van der Waals surface area (Å²) in [5, 5.41) is 3.70. The second-order valence-electron chi connectivity index (χ2n) is 5.90. The van der Waals surface area contributed by atoms with Crippen molar-refractivity contribution < 1.29 is 8.78 Å². The van der Waals surface area contributed by atoms with Crippen LogP contribution in [-0.2, 0) is 0 Å². The number of nitrogens with zero attached hydrogens (tertiary/aromatic N) is 3. The van der Waals surface area contributed by atoms with E-state index in [4.69, 9.17) is 11.6 Å². The van der Waals surface area contributed by atoms with Crippen LogP contribution in [0.2, 0.25) is 5.02 Å². The highest BCUT2D eigenvalue weighted by Gasteiger charge is 2.15. The van der Waals surface area contributed by atoms with Gasteiger partial charge in [-0.15, -0.1) is 0 Å². The van der Waals surface area contributed by atoms with Gasteiger partial charge in [0.15, 0.2) is 5.82 Å². The monoisotopic (exact) mass is 382 g/mol. The van der Waals surface area contributed by atoms with Crippen LogP contribution in [0.15, 0.2) is 54.9 Å². The number of pyridine rings is 1. The molecule has 0 saturated carbocycles. The van der Waals surface area contributed by atoms with E-state index in [9.17, 15) is 8.78 Å². The van der Waals surface area contributed by atoms with E-state index in [-0.39, 0.29) is 10.5 Å². The molecule has 4 nitrogen and oxygen atoms in total. The fourth-order valence-electron chi connectivity index (χ4n) is 2.89. The molecule has 27 heavy (non-hydrogen) atoms. The van der Waals surface area contributed by atoms with E-state index in [0.717, 1.165) is 0 Å². The van der Waals surface area contributed by atoms with Crippen molar-refractivity contribution in [1.29, 1.82) is 0 Å². The summed E-state index contributed by atoms with van der Waals surface area (Å²) >= 11 is 5.93. The normalized spacial score (nSPS) is 11.0. The van der Waals surface area contributed by atoms with Gasteiger partial charge in [-0.3, -0.25) is 4.98 Å². The summed E-state index contributed by atoms with van der Waals surface area (Å²) in [6.45, 7) is 0. The predicted octanol–water partition coefficient (Wildman–Crippen LogP) is 5.33. The maximum Gasteiger partial charge on any atom is 0.163 e. The molecule has 7 heteroatoms. The largest absolute Gasteiger partial charge is 0.373 e. The minimum atomic E-state index is -0.535. The van der Waals surface area contributed by atoms with Crippen molar-refractivity contribution in [3.63, 3.8) is 0 Å². The zero-order chi connectivity index (χ0) is 19.0. The SMILES string of the molecule is CNc1nc(-c2cccnc2)nc2c(F)cc(-c3cc(F)cc(Cl)c3)cc12. The summed E-state index contributed by atoms with van der Waals surface area (Å²) in [5.74, 6) is -0.204. The molecule has 0 aliphatic rings. The number of benzene rings is 2. The molecule has 4 aromatic rings. The average molecular weight is 383 g/mol. The molecule has 2 heterocycles. The molecular weight excluding hydrogens is 370 g/mol. The summed E-state index contributed by atoms with van der Waals surface area (Å²) in [4.78, 5) is 12.9. The van der Waals surface area contributed by atoms with Gasteiger partial charge in [0, 0.05) is 35.4 Å². The fraction of sp³-hybridized carbons (Fsp3) is 0.0500. The van der Waals surface area contributed by atoms with E-state index >= 15 is 0 Å². The number of aromatic nitrogens is 3. The van der Waals surface area contributed by atoms with Gasteiger partial charge in [-0.1, -0.05) is 11.6 Å². The topological polar surface area (TPSA) is 50.7 Å². The van der Waals surface area contributed by atoms with Gasteiger partial charge in [0.05, 0.1) is 0 Å². The molecule has 0 aliphatic carbocycles. The molecule has 0 radical (unpaired) electrons. The molecule has 0 saturated heterocycles. The smallest absolute Gasteiger partial charge is 0.163 e. The molecule has 2 aromatic heterocycles. The molecule has 4 rings (SSSR count). The first-order valence-corrected chi connectivity index (χ1v) is 8.49. The lowest BCUT2D eigenvalue weighted by Crippen LogP contribution is -2.01. The zero-order valence-corrected chi connectivity index (χ0v) is 14.9. The molecule has 2 aromatic carbocycles. The summed E-state index contributed by atoms with van der Waals surface area (Å²) in [6, 6.07) is 10.7. The molecule has 0 fully saturated rings. The maximum atomic E-state index is 14.9. The van der Waals surface area contributed by atoms with E-state index in [1.807, 2.05) is 0 Å². The number of hydrogen-bond donors (Lipinski definition) is 1. The Balaban J connectivity index is 1.95. The van der Waals surface area contributed by atoms with E-state index in [1.54, 1.807) is 43.7 Å². The van der Waals surface area contributed by atoms with Crippen LogP contribution in [0.25, 0.3) is 33.4 Å². The molecule has 134 valence electrons. The van der Waals surface area contributed by atoms with Crippen LogP contribution in [0.3, 0.4) is 0 Å². The first kappa shape index (κ1) is 17.3. The summed E-state index contributed by atoms with van der Waals surface area (Å²) in [5.41, 5.74) is 1.80. The second kappa shape index (κ2) is 6.89. The highest BCUT2D eigenvalue weighted by atomic mass is 35.5. The highest BCUT2D eigenvalue weighted by molar-refractivity contribution is 6.30. The van der Waals surface area contributed by atoms with Crippen molar-refractivity contribution in [3.8, 4) is 22.5 Å². The Morgan fingerprint density at radius 2 is 1.78 bits per heavy atom. The van der Waals surface area contributed by atoms with Gasteiger partial charge in [0.1, 0.15) is 23.0 Å². The molecule has 0 amide bonds. The van der Waals surface area contributed by atoms with Crippen LogP contribution in [0, 0.1) is 11.6 Å². The quantitative estimate of drug-likeness (QED) is 0.520. The van der Waals surface area contributed by atoms with E-state index in [2.05, 4.69) is 20.3 Å². The van der Waals surface area contributed by atoms with Crippen molar-refractivity contribution in [2.24, 2.45) is 0 Å². The Hall–Kier alpha value is -3.12. The third-order valence-electron chi connectivity index (χ3n) is 4.11. The third kappa shape index (κ3) is 3.31. The van der Waals surface area contributed by atoms with Crippen molar-refractivity contribution in [2.45, 2.75) is 0 Å². The number of halogens is 3. The number of anilines is 1. The minimum absolute atomic E-state index is 0.166. The second-order valence-corrected chi connectivity index (χ2v) is 6.34. The molecule has 0 atom stereocenters. The van der Waals surface area contributed by atoms with E-state index in [0.29, 0.717) is 33.7 Å². The molecule has 0 aliphatic heterocycles. The van der Waals surface area contributed by atoms with Gasteiger partial charge in [0.2, 0.25) is 0 Å². The van der Waals surface area contributed by atoms with E-state index < -0.39 is 11.6 Å². The van der Waals surface area contributed by atoms with Crippen LogP contribution in [0.5, 0.6) is 0 Å². The lowest BCUT2D eigenvalue weighted by Gasteiger charge is -2.11. The van der Waals surface area contributed by atoms with Gasteiger partial charge in [-0.05, 0) is 53.6 Å². The zero-order valence-electron chi connectivity index (χ0n) is 14.2. The summed E-state index contributed by atoms with van der Waals surface area (Å²) in [6.07, 6.45) is 3.25. The van der Waals surface area contributed by atoms with Gasteiger partial charge in [-0.25, -0.2) is 18.7 Å². The Morgan fingerprint density at radius 1 is 0.963 bits per heavy atom. The number of rotatable bonds is 3. The van der Waals surface area contributed by atoms with Crippen molar-refractivity contribution in [2.75, 3.05) is 12.4 Å². The fourth-order valence-corrected chi connectivity index (χ4v) is 3.11. The number of fused-ring (bicyclic) bond motifs is 1. The van der Waals surface area contributed by atoms with Crippen molar-refractivity contribution in [3.05, 3.63) is 71.5 Å². The minimum Gasteiger partial charge on any atom is -0.373 e. The van der Waals surface area contributed by atoms with Gasteiger partial charge < -0.3 is 5.32 Å². The summed E-state index contributed by atoms with van der Waals surface area (Å²) < 4.78 is 28.6. The standard InChI is InChI=1S/C20H13ClF2N4/c1-24-20-16-7-13(12-5-14(21)9-15(22)6-12)8-17(23)18(16)26-19(27-20)11-3-2-4-25-10-11/h2-10H,1H3,(H,24,26,27). The molecule has 0 unspecified atom stereocenters. The number of hydrogen-bond acceptors (Lipinski definition) is 4. The molecular formula is C20H13ClF2N4. The molecule has 0 spiro atoms. The third-order valence-corrected chi connectivity index (χ3v) is 4.32. The van der Waals surface area contributed by atoms with Gasteiger partial charge in [0.25, 0.3) is 0 Å². The highest BCUT2D eigenvalue weighted by Crippen LogP contribution is 2.32. The lowest BCUT2D eigenvalue weighted by molar-refractivity contribution is 0.628. The molecule has 1 N–H and O–H groups in total. The van der Waals surface area contributed by atoms with Crippen LogP contribution in [-0.4, -0.2) is 22.0 Å². The van der Waals surface area contributed by atoms with Gasteiger partial charge in [-0.2, -0.15) is 0 Å². The Bertz CT molecular complexity index is 1130. The lowest BCUT2D eigenvalue weighted by atomic mass is 10.0. The average Bonchev–Trinajstić information content (AvgIpc) is 2.67. The van der Waals surface area contributed by atoms with Gasteiger partial charge >= 0.3 is 0 Å². The first-order chi connectivity index (χ1) is 13.0. The number of nitrogens with one attached hydrogen (secondary N) is 1. The maximum absolute atomic E-state index is 14.9. The van der Waals surface area contributed by atoms with Crippen LogP contribution in [0.1, 0.15) is 0 Å². The predicted molar refractivity (Wildman–Crippen MR) is 103 cm³/mol.